The maximum absolute atomic E-state index is 15.2. The molecule has 1 aliphatic carbocycles. The van der Waals surface area contributed by atoms with E-state index in [-0.39, 0.29) is 17.6 Å². The number of para-hydroxylation sites is 1. The third-order valence-corrected chi connectivity index (χ3v) is 9.02. The first-order valence-corrected chi connectivity index (χ1v) is 13.3. The highest BCUT2D eigenvalue weighted by atomic mass is 16.7. The Morgan fingerprint density at radius 3 is 2.29 bits per heavy atom. The van der Waals surface area contributed by atoms with Gasteiger partial charge in [-0.1, -0.05) is 78.9 Å². The van der Waals surface area contributed by atoms with E-state index in [4.69, 9.17) is 9.47 Å². The number of ether oxygens (including phenoxy) is 2. The Morgan fingerprint density at radius 1 is 0.895 bits per heavy atom. The van der Waals surface area contributed by atoms with Gasteiger partial charge in [-0.15, -0.1) is 0 Å². The number of benzene rings is 3. The van der Waals surface area contributed by atoms with E-state index < -0.39 is 16.7 Å². The summed E-state index contributed by atoms with van der Waals surface area (Å²) in [6, 6.07) is 27.8. The molecule has 38 heavy (non-hydrogen) atoms. The molecule has 1 amide bonds. The molecule has 2 saturated heterocycles. The molecule has 6 nitrogen and oxygen atoms in total. The Labute approximate surface area is 222 Å². The van der Waals surface area contributed by atoms with Gasteiger partial charge in [0.15, 0.2) is 11.6 Å². The molecule has 1 saturated carbocycles. The predicted octanol–water partition coefficient (Wildman–Crippen LogP) is 4.74. The van der Waals surface area contributed by atoms with Crippen molar-refractivity contribution in [2.24, 2.45) is 5.41 Å². The zero-order valence-electron chi connectivity index (χ0n) is 21.4. The second-order valence-corrected chi connectivity index (χ2v) is 10.9. The Kier molecular flexibility index (Phi) is 5.24. The minimum atomic E-state index is -1.21. The van der Waals surface area contributed by atoms with Crippen LogP contribution in [-0.2, 0) is 24.6 Å². The van der Waals surface area contributed by atoms with E-state index >= 15 is 4.79 Å². The quantitative estimate of drug-likeness (QED) is 0.509. The van der Waals surface area contributed by atoms with Gasteiger partial charge in [0.1, 0.15) is 5.54 Å². The SMILES string of the molecule is CN1C[C@@H](c2ccccc2)[C@@]2(CC3(C/C(=C\c4ccccc4)C2=O)OCCO3)[C@@]12C(=O)Nc1ccccc12. The molecule has 6 heteroatoms. The molecule has 3 aromatic rings. The smallest absolute Gasteiger partial charge is 0.250 e. The summed E-state index contributed by atoms with van der Waals surface area (Å²) in [7, 11) is 1.97. The average molecular weight is 507 g/mol. The molecule has 0 aromatic heterocycles. The normalized spacial score (nSPS) is 31.0. The molecule has 0 radical (unpaired) electrons. The summed E-state index contributed by atoms with van der Waals surface area (Å²) in [6.07, 6.45) is 2.62. The Balaban J connectivity index is 1.54. The Morgan fingerprint density at radius 2 is 1.55 bits per heavy atom. The number of anilines is 1. The van der Waals surface area contributed by atoms with E-state index in [1.54, 1.807) is 0 Å². The molecular weight excluding hydrogens is 476 g/mol. The number of carbonyl (C=O) groups excluding carboxylic acids is 2. The summed E-state index contributed by atoms with van der Waals surface area (Å²) < 4.78 is 12.7. The molecule has 3 atom stereocenters. The van der Waals surface area contributed by atoms with E-state index in [1.807, 2.05) is 85.9 Å². The number of hydrogen-bond donors (Lipinski definition) is 1. The van der Waals surface area contributed by atoms with Crippen LogP contribution in [-0.4, -0.2) is 49.2 Å². The number of likely N-dealkylation sites (N-methyl/N-ethyl adjacent to an activating group) is 1. The highest BCUT2D eigenvalue weighted by molar-refractivity contribution is 6.15. The maximum Gasteiger partial charge on any atom is 0.250 e. The van der Waals surface area contributed by atoms with Crippen molar-refractivity contribution in [3.05, 3.63) is 107 Å². The van der Waals surface area contributed by atoms with Gasteiger partial charge in [-0.3, -0.25) is 14.5 Å². The van der Waals surface area contributed by atoms with E-state index in [1.165, 1.54) is 0 Å². The summed E-state index contributed by atoms with van der Waals surface area (Å²) in [6.45, 7) is 1.47. The van der Waals surface area contributed by atoms with Crippen LogP contribution in [0, 0.1) is 5.41 Å². The number of nitrogens with zero attached hydrogens (tertiary/aromatic N) is 1. The number of ketones is 1. The minimum Gasteiger partial charge on any atom is -0.347 e. The number of hydrogen-bond acceptors (Lipinski definition) is 5. The van der Waals surface area contributed by atoms with Gasteiger partial charge in [0.05, 0.1) is 18.6 Å². The number of carbonyl (C=O) groups is 2. The molecule has 1 N–H and O–H groups in total. The molecule has 3 aliphatic heterocycles. The number of fused-ring (bicyclic) bond motifs is 3. The predicted molar refractivity (Wildman–Crippen MR) is 144 cm³/mol. The molecule has 0 unspecified atom stereocenters. The monoisotopic (exact) mass is 506 g/mol. The first-order valence-electron chi connectivity index (χ1n) is 13.3. The molecule has 4 aliphatic rings. The van der Waals surface area contributed by atoms with Gasteiger partial charge in [-0.2, -0.15) is 0 Å². The minimum absolute atomic E-state index is 0.00358. The third-order valence-electron chi connectivity index (χ3n) is 9.02. The molecule has 3 spiro atoms. The van der Waals surface area contributed by atoms with Crippen LogP contribution >= 0.6 is 0 Å². The van der Waals surface area contributed by atoms with Crippen LogP contribution in [0.25, 0.3) is 6.08 Å². The van der Waals surface area contributed by atoms with Crippen molar-refractivity contribution in [2.45, 2.75) is 30.1 Å². The van der Waals surface area contributed by atoms with Crippen molar-refractivity contribution in [1.82, 2.24) is 4.90 Å². The van der Waals surface area contributed by atoms with Gasteiger partial charge < -0.3 is 14.8 Å². The average Bonchev–Trinajstić information content (AvgIpc) is 3.59. The number of nitrogens with one attached hydrogen (secondary N) is 1. The summed E-state index contributed by atoms with van der Waals surface area (Å²) in [4.78, 5) is 31.6. The van der Waals surface area contributed by atoms with Gasteiger partial charge in [-0.05, 0) is 30.3 Å². The molecular formula is C32H30N2O4. The Hall–Kier alpha value is -3.58. The molecule has 7 rings (SSSR count). The van der Waals surface area contributed by atoms with Crippen molar-refractivity contribution >= 4 is 23.5 Å². The van der Waals surface area contributed by atoms with Crippen LogP contribution in [0.4, 0.5) is 5.69 Å². The van der Waals surface area contributed by atoms with E-state index in [0.29, 0.717) is 38.2 Å². The summed E-state index contributed by atoms with van der Waals surface area (Å²) in [5.74, 6) is -1.39. The second kappa shape index (κ2) is 8.46. The maximum atomic E-state index is 15.2. The van der Waals surface area contributed by atoms with Crippen molar-refractivity contribution in [1.29, 1.82) is 0 Å². The number of Topliss-reactive ketones (excluding diaryl/α,β-unsaturated/α-hetero) is 1. The fourth-order valence-corrected chi connectivity index (χ4v) is 7.67. The van der Waals surface area contributed by atoms with Crippen LogP contribution < -0.4 is 5.32 Å². The van der Waals surface area contributed by atoms with Gasteiger partial charge in [-0.25, -0.2) is 0 Å². The summed E-state index contributed by atoms with van der Waals surface area (Å²) >= 11 is 0. The highest BCUT2D eigenvalue weighted by Gasteiger charge is 2.76. The molecule has 3 heterocycles. The number of amides is 1. The lowest BCUT2D eigenvalue weighted by atomic mass is 9.52. The zero-order chi connectivity index (χ0) is 26.0. The van der Waals surface area contributed by atoms with Crippen LogP contribution in [0.3, 0.4) is 0 Å². The highest BCUT2D eigenvalue weighted by Crippen LogP contribution is 2.68. The molecule has 0 bridgehead atoms. The van der Waals surface area contributed by atoms with Crippen molar-refractivity contribution in [3.63, 3.8) is 0 Å². The third kappa shape index (κ3) is 3.05. The van der Waals surface area contributed by atoms with Crippen LogP contribution in [0.15, 0.2) is 90.5 Å². The first-order chi connectivity index (χ1) is 18.5. The van der Waals surface area contributed by atoms with Crippen molar-refractivity contribution in [3.8, 4) is 0 Å². The molecule has 3 fully saturated rings. The van der Waals surface area contributed by atoms with Crippen molar-refractivity contribution in [2.75, 3.05) is 32.1 Å². The Bertz CT molecular complexity index is 1450. The van der Waals surface area contributed by atoms with E-state index in [9.17, 15) is 4.79 Å². The van der Waals surface area contributed by atoms with E-state index in [2.05, 4.69) is 22.3 Å². The zero-order valence-corrected chi connectivity index (χ0v) is 21.4. The fraction of sp³-hybridized carbons (Fsp3) is 0.312. The molecule has 3 aromatic carbocycles. The lowest BCUT2D eigenvalue weighted by Gasteiger charge is -2.52. The lowest BCUT2D eigenvalue weighted by Crippen LogP contribution is -2.63. The largest absolute Gasteiger partial charge is 0.347 e. The van der Waals surface area contributed by atoms with Gasteiger partial charge in [0.25, 0.3) is 5.91 Å². The van der Waals surface area contributed by atoms with Gasteiger partial charge >= 0.3 is 0 Å². The van der Waals surface area contributed by atoms with Crippen molar-refractivity contribution < 1.29 is 19.1 Å². The fourth-order valence-electron chi connectivity index (χ4n) is 7.67. The van der Waals surface area contributed by atoms with Crippen LogP contribution in [0.2, 0.25) is 0 Å². The topological polar surface area (TPSA) is 67.9 Å². The number of rotatable bonds is 2. The summed E-state index contributed by atoms with van der Waals surface area (Å²) in [5.41, 5.74) is 1.85. The van der Waals surface area contributed by atoms with Gasteiger partial charge in [0, 0.05) is 42.1 Å². The van der Waals surface area contributed by atoms with Crippen LogP contribution in [0.5, 0.6) is 0 Å². The van der Waals surface area contributed by atoms with Gasteiger partial charge in [0.2, 0.25) is 0 Å². The lowest BCUT2D eigenvalue weighted by molar-refractivity contribution is -0.203. The summed E-state index contributed by atoms with van der Waals surface area (Å²) in [5, 5.41) is 3.13. The first kappa shape index (κ1) is 23.5. The van der Waals surface area contributed by atoms with Crippen LogP contribution in [0.1, 0.15) is 35.4 Å². The second-order valence-electron chi connectivity index (χ2n) is 10.9. The number of likely N-dealkylation sites (tertiary alicyclic amines) is 1. The van der Waals surface area contributed by atoms with E-state index in [0.717, 1.165) is 22.4 Å². The standard InChI is InChI=1S/C32H30N2O4/c1-34-20-26(23-12-6-3-7-13-23)31(32(34)25-14-8-9-15-27(25)33-29(32)36)21-30(37-16-17-38-30)19-24(28(31)35)18-22-10-4-2-5-11-22/h2-15,18,26H,16-17,19-21H2,1H3,(H,33,36)/b24-18+/t26-,31+,32+/m0/s1. The molecule has 192 valence electrons.